The summed E-state index contributed by atoms with van der Waals surface area (Å²) in [7, 11) is 1.65. The molecule has 4 heteroatoms. The second-order valence-corrected chi connectivity index (χ2v) is 5.96. The van der Waals surface area contributed by atoms with Crippen molar-refractivity contribution in [3.05, 3.63) is 63.1 Å². The minimum absolute atomic E-state index is 0.605. The largest absolute Gasteiger partial charge is 0.497 e. The maximum absolute atomic E-state index is 6.69. The van der Waals surface area contributed by atoms with Crippen LogP contribution in [0, 0.1) is 0 Å². The van der Waals surface area contributed by atoms with E-state index in [1.807, 2.05) is 18.2 Å². The van der Waals surface area contributed by atoms with Crippen LogP contribution in [0.25, 0.3) is 0 Å². The lowest BCUT2D eigenvalue weighted by molar-refractivity contribution is 0.413. The number of hydrogen-bond acceptors (Lipinski definition) is 2. The standard InChI is InChI=1S/C16H15Cl2NO/c1-20-12-4-2-10-6-7-16(19,13(10)9-12)14-8-11(17)3-5-15(14)18/h2-5,8-9H,6-7,19H2,1H3. The molecule has 1 aliphatic rings. The number of aryl methyl sites for hydroxylation is 1. The molecule has 0 heterocycles. The van der Waals surface area contributed by atoms with E-state index in [2.05, 4.69) is 6.07 Å². The summed E-state index contributed by atoms with van der Waals surface area (Å²) in [5, 5.41) is 1.29. The highest BCUT2D eigenvalue weighted by Crippen LogP contribution is 2.44. The molecule has 1 unspecified atom stereocenters. The molecule has 0 fully saturated rings. The third kappa shape index (κ3) is 2.08. The van der Waals surface area contributed by atoms with Gasteiger partial charge in [0.25, 0.3) is 0 Å². The van der Waals surface area contributed by atoms with E-state index in [1.165, 1.54) is 5.56 Å². The molecule has 1 aliphatic carbocycles. The van der Waals surface area contributed by atoms with Gasteiger partial charge in [0.15, 0.2) is 0 Å². The van der Waals surface area contributed by atoms with Crippen molar-refractivity contribution in [3.8, 4) is 5.75 Å². The fourth-order valence-corrected chi connectivity index (χ4v) is 3.36. The molecule has 3 rings (SSSR count). The number of methoxy groups -OCH3 is 1. The highest BCUT2D eigenvalue weighted by atomic mass is 35.5. The average molecular weight is 308 g/mol. The van der Waals surface area contributed by atoms with Crippen molar-refractivity contribution in [3.63, 3.8) is 0 Å². The molecule has 2 aromatic carbocycles. The number of halogens is 2. The summed E-state index contributed by atoms with van der Waals surface area (Å²) in [6.07, 6.45) is 1.74. The van der Waals surface area contributed by atoms with Crippen molar-refractivity contribution >= 4 is 23.2 Å². The van der Waals surface area contributed by atoms with Crippen molar-refractivity contribution in [2.45, 2.75) is 18.4 Å². The number of benzene rings is 2. The minimum atomic E-state index is -0.605. The first-order valence-electron chi connectivity index (χ1n) is 6.46. The predicted molar refractivity (Wildman–Crippen MR) is 82.7 cm³/mol. The van der Waals surface area contributed by atoms with Crippen LogP contribution in [0.5, 0.6) is 5.75 Å². The van der Waals surface area contributed by atoms with E-state index >= 15 is 0 Å². The molecule has 20 heavy (non-hydrogen) atoms. The summed E-state index contributed by atoms with van der Waals surface area (Å²) in [4.78, 5) is 0. The van der Waals surface area contributed by atoms with Crippen LogP contribution >= 0.6 is 23.2 Å². The van der Waals surface area contributed by atoms with Crippen LogP contribution < -0.4 is 10.5 Å². The molecule has 2 nitrogen and oxygen atoms in total. The molecule has 2 N–H and O–H groups in total. The van der Waals surface area contributed by atoms with Crippen molar-refractivity contribution in [2.24, 2.45) is 5.73 Å². The van der Waals surface area contributed by atoms with Gasteiger partial charge in [-0.05, 0) is 59.9 Å². The van der Waals surface area contributed by atoms with Crippen LogP contribution in [-0.4, -0.2) is 7.11 Å². The maximum Gasteiger partial charge on any atom is 0.119 e. The van der Waals surface area contributed by atoms with Gasteiger partial charge in [0, 0.05) is 10.0 Å². The summed E-state index contributed by atoms with van der Waals surface area (Å²) >= 11 is 12.4. The van der Waals surface area contributed by atoms with Gasteiger partial charge in [-0.3, -0.25) is 0 Å². The van der Waals surface area contributed by atoms with Crippen LogP contribution in [0.3, 0.4) is 0 Å². The van der Waals surface area contributed by atoms with E-state index in [9.17, 15) is 0 Å². The molecule has 0 amide bonds. The van der Waals surface area contributed by atoms with Crippen LogP contribution in [0.1, 0.15) is 23.1 Å². The van der Waals surface area contributed by atoms with Crippen LogP contribution in [0.2, 0.25) is 10.0 Å². The molecule has 0 aromatic heterocycles. The van der Waals surface area contributed by atoms with Gasteiger partial charge in [-0.15, -0.1) is 0 Å². The molecule has 0 aliphatic heterocycles. The SMILES string of the molecule is COc1ccc2c(c1)C(N)(c1cc(Cl)ccc1Cl)CC2. The monoisotopic (exact) mass is 307 g/mol. The summed E-state index contributed by atoms with van der Waals surface area (Å²) in [6, 6.07) is 11.5. The van der Waals surface area contributed by atoms with Gasteiger partial charge in [-0.25, -0.2) is 0 Å². The Morgan fingerprint density at radius 1 is 1.10 bits per heavy atom. The predicted octanol–water partition coefficient (Wildman–Crippen LogP) is 4.15. The maximum atomic E-state index is 6.69. The molecular weight excluding hydrogens is 293 g/mol. The molecule has 104 valence electrons. The van der Waals surface area contributed by atoms with Crippen LogP contribution in [0.15, 0.2) is 36.4 Å². The highest BCUT2D eigenvalue weighted by molar-refractivity contribution is 6.33. The summed E-state index contributed by atoms with van der Waals surface area (Å²) in [5.41, 5.74) is 9.27. The number of ether oxygens (including phenoxy) is 1. The third-order valence-electron chi connectivity index (χ3n) is 4.00. The molecule has 0 radical (unpaired) electrons. The van der Waals surface area contributed by atoms with Gasteiger partial charge < -0.3 is 10.5 Å². The lowest BCUT2D eigenvalue weighted by atomic mass is 9.85. The Balaban J connectivity index is 2.18. The summed E-state index contributed by atoms with van der Waals surface area (Å²) in [5.74, 6) is 0.804. The normalized spacial score (nSPS) is 20.8. The first-order chi connectivity index (χ1) is 9.54. The Labute approximate surface area is 128 Å². The minimum Gasteiger partial charge on any atom is -0.497 e. The van der Waals surface area contributed by atoms with Gasteiger partial charge in [-0.1, -0.05) is 29.3 Å². The van der Waals surface area contributed by atoms with Gasteiger partial charge >= 0.3 is 0 Å². The van der Waals surface area contributed by atoms with E-state index in [-0.39, 0.29) is 0 Å². The molecule has 0 spiro atoms. The van der Waals surface area contributed by atoms with Crippen LogP contribution in [0.4, 0.5) is 0 Å². The molecule has 0 bridgehead atoms. The number of rotatable bonds is 2. The fraction of sp³-hybridized carbons (Fsp3) is 0.250. The van der Waals surface area contributed by atoms with Crippen molar-refractivity contribution in [2.75, 3.05) is 7.11 Å². The van der Waals surface area contributed by atoms with E-state index in [4.69, 9.17) is 33.7 Å². The average Bonchev–Trinajstić information content (AvgIpc) is 2.79. The first-order valence-corrected chi connectivity index (χ1v) is 7.22. The molecule has 0 saturated heterocycles. The molecular formula is C16H15Cl2NO. The first kappa shape index (κ1) is 13.7. The zero-order valence-corrected chi connectivity index (χ0v) is 12.6. The fourth-order valence-electron chi connectivity index (χ4n) is 2.90. The Hall–Kier alpha value is -1.22. The van der Waals surface area contributed by atoms with Crippen molar-refractivity contribution in [1.29, 1.82) is 0 Å². The Morgan fingerprint density at radius 2 is 1.90 bits per heavy atom. The lowest BCUT2D eigenvalue weighted by Crippen LogP contribution is -2.35. The zero-order valence-electron chi connectivity index (χ0n) is 11.1. The second-order valence-electron chi connectivity index (χ2n) is 5.12. The number of nitrogens with two attached hydrogens (primary N) is 1. The van der Waals surface area contributed by atoms with Gasteiger partial charge in [0.2, 0.25) is 0 Å². The van der Waals surface area contributed by atoms with Gasteiger partial charge in [0.1, 0.15) is 5.75 Å². The highest BCUT2D eigenvalue weighted by Gasteiger charge is 2.38. The number of hydrogen-bond donors (Lipinski definition) is 1. The molecule has 0 saturated carbocycles. The van der Waals surface area contributed by atoms with E-state index in [0.717, 1.165) is 29.7 Å². The Kier molecular flexibility index (Phi) is 3.41. The van der Waals surface area contributed by atoms with Crippen molar-refractivity contribution in [1.82, 2.24) is 0 Å². The number of fused-ring (bicyclic) bond motifs is 1. The van der Waals surface area contributed by atoms with E-state index in [1.54, 1.807) is 19.2 Å². The van der Waals surface area contributed by atoms with Crippen molar-refractivity contribution < 1.29 is 4.74 Å². The van der Waals surface area contributed by atoms with E-state index in [0.29, 0.717) is 10.0 Å². The second kappa shape index (κ2) is 4.96. The Morgan fingerprint density at radius 3 is 2.65 bits per heavy atom. The smallest absolute Gasteiger partial charge is 0.119 e. The third-order valence-corrected chi connectivity index (χ3v) is 4.56. The summed E-state index contributed by atoms with van der Waals surface area (Å²) in [6.45, 7) is 0. The van der Waals surface area contributed by atoms with Crippen LogP contribution in [-0.2, 0) is 12.0 Å². The quantitative estimate of drug-likeness (QED) is 0.904. The molecule has 2 aromatic rings. The topological polar surface area (TPSA) is 35.2 Å². The Bertz CT molecular complexity index is 672. The summed E-state index contributed by atoms with van der Waals surface area (Å²) < 4.78 is 5.31. The van der Waals surface area contributed by atoms with E-state index < -0.39 is 5.54 Å². The van der Waals surface area contributed by atoms with Gasteiger partial charge in [-0.2, -0.15) is 0 Å². The lowest BCUT2D eigenvalue weighted by Gasteiger charge is -2.27. The van der Waals surface area contributed by atoms with Gasteiger partial charge in [0.05, 0.1) is 12.6 Å². The zero-order chi connectivity index (χ0) is 14.3. The molecule has 1 atom stereocenters.